The van der Waals surface area contributed by atoms with Gasteiger partial charge in [-0.25, -0.2) is 8.42 Å². The quantitative estimate of drug-likeness (QED) is 0.179. The fraction of sp³-hybridized carbons (Fsp3) is 0.278. The van der Waals surface area contributed by atoms with Crippen molar-refractivity contribution in [2.24, 2.45) is 0 Å². The molecule has 0 fully saturated rings. The van der Waals surface area contributed by atoms with Gasteiger partial charge in [-0.3, -0.25) is 13.9 Å². The van der Waals surface area contributed by atoms with Crippen molar-refractivity contribution in [3.8, 4) is 0 Å². The van der Waals surface area contributed by atoms with Gasteiger partial charge in [-0.15, -0.1) is 0 Å². The van der Waals surface area contributed by atoms with Crippen LogP contribution >= 0.6 is 15.9 Å². The van der Waals surface area contributed by atoms with Crippen LogP contribution in [0.3, 0.4) is 0 Å². The minimum atomic E-state index is -4.16. The summed E-state index contributed by atoms with van der Waals surface area (Å²) in [5.74, 6) is -0.804. The summed E-state index contributed by atoms with van der Waals surface area (Å²) < 4.78 is 30.5. The molecule has 0 saturated heterocycles. The van der Waals surface area contributed by atoms with Crippen LogP contribution in [-0.2, 0) is 32.6 Å². The second-order valence-corrected chi connectivity index (χ2v) is 14.5. The van der Waals surface area contributed by atoms with Crippen LogP contribution in [0.5, 0.6) is 0 Å². The molecule has 0 aromatic heterocycles. The van der Waals surface area contributed by atoms with Crippen molar-refractivity contribution in [1.29, 1.82) is 0 Å². The fourth-order valence-corrected chi connectivity index (χ4v) is 7.07. The van der Waals surface area contributed by atoms with Gasteiger partial charge in [0, 0.05) is 23.5 Å². The van der Waals surface area contributed by atoms with E-state index in [1.807, 2.05) is 95.3 Å². The predicted molar refractivity (Wildman–Crippen MR) is 184 cm³/mol. The Morgan fingerprint density at radius 3 is 2.00 bits per heavy atom. The number of hydrogen-bond acceptors (Lipinski definition) is 4. The van der Waals surface area contributed by atoms with E-state index in [9.17, 15) is 18.0 Å². The minimum Gasteiger partial charge on any atom is -0.352 e. The van der Waals surface area contributed by atoms with Gasteiger partial charge in [-0.05, 0) is 93.3 Å². The summed E-state index contributed by atoms with van der Waals surface area (Å²) >= 11 is 3.51. The van der Waals surface area contributed by atoms with Crippen LogP contribution in [0.15, 0.2) is 106 Å². The number of sulfonamides is 1. The third-order valence-electron chi connectivity index (χ3n) is 7.33. The standard InChI is InChI=1S/C36H40BrN3O4S/c1-25(2)38-36(42)34(22-29-10-7-6-8-11-29)39(23-30-12-9-13-31(37)21-30)35(41)24-40(32-19-27(4)18-28(5)20-32)45(43,44)33-16-14-26(3)15-17-33/h6-21,25,34H,22-24H2,1-5H3,(H,38,42)/t34-/m1/s1. The highest BCUT2D eigenvalue weighted by Crippen LogP contribution is 2.27. The second-order valence-electron chi connectivity index (χ2n) is 11.7. The molecule has 0 aliphatic heterocycles. The van der Waals surface area contributed by atoms with E-state index < -0.39 is 28.5 Å². The monoisotopic (exact) mass is 689 g/mol. The maximum absolute atomic E-state index is 14.6. The number of carbonyl (C=O) groups is 2. The van der Waals surface area contributed by atoms with Crippen molar-refractivity contribution < 1.29 is 18.0 Å². The molecule has 1 atom stereocenters. The van der Waals surface area contributed by atoms with Crippen molar-refractivity contribution in [2.45, 2.75) is 64.6 Å². The van der Waals surface area contributed by atoms with Gasteiger partial charge in [0.1, 0.15) is 12.6 Å². The number of nitrogens with zero attached hydrogens (tertiary/aromatic N) is 2. The van der Waals surface area contributed by atoms with E-state index in [2.05, 4.69) is 21.2 Å². The average molecular weight is 691 g/mol. The lowest BCUT2D eigenvalue weighted by atomic mass is 10.0. The lowest BCUT2D eigenvalue weighted by Crippen LogP contribution is -2.54. The van der Waals surface area contributed by atoms with E-state index in [1.165, 1.54) is 4.90 Å². The smallest absolute Gasteiger partial charge is 0.264 e. The van der Waals surface area contributed by atoms with Gasteiger partial charge in [0.05, 0.1) is 10.6 Å². The minimum absolute atomic E-state index is 0.0805. The Morgan fingerprint density at radius 1 is 0.778 bits per heavy atom. The summed E-state index contributed by atoms with van der Waals surface area (Å²) in [6, 6.07) is 28.0. The van der Waals surface area contributed by atoms with Crippen LogP contribution in [0.1, 0.15) is 41.7 Å². The Bertz CT molecular complexity index is 1720. The SMILES string of the molecule is Cc1ccc(S(=O)(=O)N(CC(=O)N(Cc2cccc(Br)c2)[C@H](Cc2ccccc2)C(=O)NC(C)C)c2cc(C)cc(C)c2)cc1. The third-order valence-corrected chi connectivity index (χ3v) is 9.61. The maximum Gasteiger partial charge on any atom is 0.264 e. The number of carbonyl (C=O) groups excluding carboxylic acids is 2. The highest BCUT2D eigenvalue weighted by molar-refractivity contribution is 9.10. The first-order valence-corrected chi connectivity index (χ1v) is 17.1. The van der Waals surface area contributed by atoms with E-state index >= 15 is 0 Å². The Hall–Kier alpha value is -3.95. The zero-order valence-corrected chi connectivity index (χ0v) is 28.7. The van der Waals surface area contributed by atoms with Crippen molar-refractivity contribution >= 4 is 43.5 Å². The van der Waals surface area contributed by atoms with Gasteiger partial charge in [-0.2, -0.15) is 0 Å². The molecule has 4 aromatic rings. The molecule has 4 aromatic carbocycles. The molecule has 0 unspecified atom stereocenters. The molecule has 236 valence electrons. The zero-order valence-electron chi connectivity index (χ0n) is 26.3. The first kappa shape index (κ1) is 33.9. The zero-order chi connectivity index (χ0) is 32.7. The number of hydrogen-bond donors (Lipinski definition) is 1. The van der Waals surface area contributed by atoms with E-state index in [-0.39, 0.29) is 29.8 Å². The highest BCUT2D eigenvalue weighted by atomic mass is 79.9. The van der Waals surface area contributed by atoms with E-state index in [0.717, 1.165) is 36.6 Å². The maximum atomic E-state index is 14.6. The van der Waals surface area contributed by atoms with Crippen LogP contribution in [0.4, 0.5) is 5.69 Å². The Morgan fingerprint density at radius 2 is 1.40 bits per heavy atom. The lowest BCUT2D eigenvalue weighted by molar-refractivity contribution is -0.140. The average Bonchev–Trinajstić information content (AvgIpc) is 2.97. The Kier molecular flexibility index (Phi) is 11.2. The molecule has 1 N–H and O–H groups in total. The first-order chi connectivity index (χ1) is 21.3. The van der Waals surface area contributed by atoms with Crippen molar-refractivity contribution in [3.63, 3.8) is 0 Å². The Balaban J connectivity index is 1.83. The van der Waals surface area contributed by atoms with Crippen LogP contribution in [0.25, 0.3) is 0 Å². The number of benzene rings is 4. The van der Waals surface area contributed by atoms with Gasteiger partial charge in [0.25, 0.3) is 10.0 Å². The van der Waals surface area contributed by atoms with Gasteiger partial charge in [0.15, 0.2) is 0 Å². The van der Waals surface area contributed by atoms with Crippen LogP contribution in [0, 0.1) is 20.8 Å². The molecule has 0 saturated carbocycles. The molecule has 0 aliphatic carbocycles. The van der Waals surface area contributed by atoms with Crippen molar-refractivity contribution in [2.75, 3.05) is 10.8 Å². The summed E-state index contributed by atoms with van der Waals surface area (Å²) in [5.41, 5.74) is 4.72. The molecular weight excluding hydrogens is 650 g/mol. The molecule has 9 heteroatoms. The highest BCUT2D eigenvalue weighted by Gasteiger charge is 2.35. The first-order valence-electron chi connectivity index (χ1n) is 14.9. The lowest BCUT2D eigenvalue weighted by Gasteiger charge is -2.34. The molecule has 0 radical (unpaired) electrons. The molecule has 2 amide bonds. The van der Waals surface area contributed by atoms with Crippen molar-refractivity contribution in [1.82, 2.24) is 10.2 Å². The summed E-state index contributed by atoms with van der Waals surface area (Å²) in [6.07, 6.45) is 0.257. The molecule has 0 aliphatic rings. The molecule has 0 bridgehead atoms. The van der Waals surface area contributed by atoms with Gasteiger partial charge in [-0.1, -0.05) is 82.2 Å². The molecule has 4 rings (SSSR count). The normalized spacial score (nSPS) is 12.1. The van der Waals surface area contributed by atoms with E-state index in [0.29, 0.717) is 5.69 Å². The van der Waals surface area contributed by atoms with Gasteiger partial charge >= 0.3 is 0 Å². The number of rotatable bonds is 12. The second kappa shape index (κ2) is 14.9. The van der Waals surface area contributed by atoms with E-state index in [4.69, 9.17) is 0 Å². The molecule has 45 heavy (non-hydrogen) atoms. The molecule has 0 heterocycles. The number of amides is 2. The number of halogens is 1. The fourth-order valence-electron chi connectivity index (χ4n) is 5.23. The summed E-state index contributed by atoms with van der Waals surface area (Å²) in [7, 11) is -4.16. The number of anilines is 1. The van der Waals surface area contributed by atoms with E-state index in [1.54, 1.807) is 36.4 Å². The summed E-state index contributed by atoms with van der Waals surface area (Å²) in [5, 5.41) is 2.98. The molecule has 7 nitrogen and oxygen atoms in total. The number of nitrogens with one attached hydrogen (secondary N) is 1. The topological polar surface area (TPSA) is 86.8 Å². The molecule has 0 spiro atoms. The van der Waals surface area contributed by atoms with Crippen LogP contribution in [0.2, 0.25) is 0 Å². The predicted octanol–water partition coefficient (Wildman–Crippen LogP) is 6.73. The molecular formula is C36H40BrN3O4S. The van der Waals surface area contributed by atoms with Gasteiger partial charge in [0.2, 0.25) is 11.8 Å². The van der Waals surface area contributed by atoms with Gasteiger partial charge < -0.3 is 10.2 Å². The van der Waals surface area contributed by atoms with Crippen molar-refractivity contribution in [3.05, 3.63) is 129 Å². The van der Waals surface area contributed by atoms with Crippen LogP contribution in [-0.4, -0.2) is 43.8 Å². The summed E-state index contributed by atoms with van der Waals surface area (Å²) in [4.78, 5) is 30.0. The van der Waals surface area contributed by atoms with Crippen LogP contribution < -0.4 is 9.62 Å². The Labute approximate surface area is 275 Å². The number of aryl methyl sites for hydroxylation is 3. The summed E-state index contributed by atoms with van der Waals surface area (Å²) in [6.45, 7) is 9.01. The largest absolute Gasteiger partial charge is 0.352 e. The third kappa shape index (κ3) is 9.05.